The summed E-state index contributed by atoms with van der Waals surface area (Å²) in [6, 6.07) is 0.925. The van der Waals surface area contributed by atoms with E-state index in [4.69, 9.17) is 9.47 Å². The molecule has 1 heterocycles. The van der Waals surface area contributed by atoms with Gasteiger partial charge in [0.1, 0.15) is 5.60 Å². The van der Waals surface area contributed by atoms with Gasteiger partial charge in [-0.15, -0.1) is 0 Å². The molecule has 4 atom stereocenters. The van der Waals surface area contributed by atoms with Crippen LogP contribution in [-0.2, 0) is 9.47 Å². The molecule has 23 heavy (non-hydrogen) atoms. The third kappa shape index (κ3) is 4.00. The first-order chi connectivity index (χ1) is 10.8. The predicted molar refractivity (Wildman–Crippen MR) is 89.3 cm³/mol. The summed E-state index contributed by atoms with van der Waals surface area (Å²) in [5.74, 6) is 1.28. The van der Waals surface area contributed by atoms with Gasteiger partial charge < -0.3 is 20.1 Å². The predicted octanol–water partition coefficient (Wildman–Crippen LogP) is 2.84. The molecule has 0 aromatic rings. The number of carbonyl (C=O) groups is 1. The van der Waals surface area contributed by atoms with Crippen molar-refractivity contribution in [1.82, 2.24) is 10.6 Å². The second-order valence-electron chi connectivity index (χ2n) is 8.61. The van der Waals surface area contributed by atoms with Gasteiger partial charge in [0, 0.05) is 18.6 Å². The van der Waals surface area contributed by atoms with Crippen LogP contribution in [0.25, 0.3) is 0 Å². The molecule has 0 aromatic heterocycles. The van der Waals surface area contributed by atoms with Gasteiger partial charge in [-0.25, -0.2) is 4.79 Å². The highest BCUT2D eigenvalue weighted by atomic mass is 16.6. The molecule has 2 saturated carbocycles. The Kier molecular flexibility index (Phi) is 4.88. The maximum absolute atomic E-state index is 12.1. The summed E-state index contributed by atoms with van der Waals surface area (Å²) in [5, 5.41) is 6.86. The second kappa shape index (κ2) is 6.60. The Morgan fingerprint density at radius 2 is 1.78 bits per heavy atom. The zero-order valence-electron chi connectivity index (χ0n) is 14.9. The molecular formula is C18H32N2O3. The molecule has 2 aliphatic carbocycles. The molecule has 3 rings (SSSR count). The zero-order chi connectivity index (χ0) is 16.6. The Bertz CT molecular complexity index is 426. The molecule has 2 N–H and O–H groups in total. The van der Waals surface area contributed by atoms with E-state index >= 15 is 0 Å². The van der Waals surface area contributed by atoms with Crippen LogP contribution in [0.2, 0.25) is 0 Å². The zero-order valence-corrected chi connectivity index (χ0v) is 14.9. The third-order valence-electron chi connectivity index (χ3n) is 5.51. The molecule has 1 amide bonds. The first kappa shape index (κ1) is 17.0. The van der Waals surface area contributed by atoms with E-state index in [1.54, 1.807) is 0 Å². The number of amides is 1. The summed E-state index contributed by atoms with van der Waals surface area (Å²) in [5.41, 5.74) is -0.457. The summed E-state index contributed by atoms with van der Waals surface area (Å²) >= 11 is 0. The highest BCUT2D eigenvalue weighted by molar-refractivity contribution is 5.68. The SMILES string of the molecule is CC1CCC(NC2C(NC(=O)OC(C)(C)C)C3CCOC32)CC1. The van der Waals surface area contributed by atoms with E-state index in [1.807, 2.05) is 20.8 Å². The minimum absolute atomic E-state index is 0.136. The molecule has 5 nitrogen and oxygen atoms in total. The maximum atomic E-state index is 12.1. The molecule has 132 valence electrons. The van der Waals surface area contributed by atoms with Gasteiger partial charge in [-0.05, 0) is 58.8 Å². The number of rotatable bonds is 3. The van der Waals surface area contributed by atoms with Crippen LogP contribution >= 0.6 is 0 Å². The fourth-order valence-electron chi connectivity index (χ4n) is 4.25. The summed E-state index contributed by atoms with van der Waals surface area (Å²) < 4.78 is 11.3. The minimum atomic E-state index is -0.457. The van der Waals surface area contributed by atoms with E-state index in [9.17, 15) is 4.79 Å². The number of fused-ring (bicyclic) bond motifs is 1. The maximum Gasteiger partial charge on any atom is 0.407 e. The molecular weight excluding hydrogens is 292 g/mol. The van der Waals surface area contributed by atoms with Crippen LogP contribution in [0.4, 0.5) is 4.79 Å². The smallest absolute Gasteiger partial charge is 0.407 e. The van der Waals surface area contributed by atoms with Crippen LogP contribution in [0, 0.1) is 11.8 Å². The highest BCUT2D eigenvalue weighted by Gasteiger charge is 2.55. The van der Waals surface area contributed by atoms with Gasteiger partial charge in [-0.3, -0.25) is 0 Å². The lowest BCUT2D eigenvalue weighted by Crippen LogP contribution is -2.71. The van der Waals surface area contributed by atoms with Crippen molar-refractivity contribution >= 4 is 6.09 Å². The number of hydrogen-bond acceptors (Lipinski definition) is 4. The van der Waals surface area contributed by atoms with Gasteiger partial charge in [0.2, 0.25) is 0 Å². The summed E-state index contributed by atoms with van der Waals surface area (Å²) in [6.07, 6.45) is 6.03. The molecule has 0 spiro atoms. The molecule has 0 radical (unpaired) electrons. The largest absolute Gasteiger partial charge is 0.444 e. The van der Waals surface area contributed by atoms with Crippen LogP contribution in [0.5, 0.6) is 0 Å². The van der Waals surface area contributed by atoms with E-state index in [2.05, 4.69) is 17.6 Å². The lowest BCUT2D eigenvalue weighted by molar-refractivity contribution is -0.0395. The normalized spacial score (nSPS) is 40.2. The van der Waals surface area contributed by atoms with Crippen molar-refractivity contribution in [3.63, 3.8) is 0 Å². The summed E-state index contributed by atoms with van der Waals surface area (Å²) in [7, 11) is 0. The van der Waals surface area contributed by atoms with Crippen molar-refractivity contribution < 1.29 is 14.3 Å². The van der Waals surface area contributed by atoms with E-state index in [0.717, 1.165) is 18.9 Å². The second-order valence-corrected chi connectivity index (χ2v) is 8.61. The van der Waals surface area contributed by atoms with Crippen molar-refractivity contribution in [3.8, 4) is 0 Å². The Morgan fingerprint density at radius 3 is 2.43 bits per heavy atom. The first-order valence-electron chi connectivity index (χ1n) is 9.20. The van der Waals surface area contributed by atoms with E-state index in [1.165, 1.54) is 25.7 Å². The average Bonchev–Trinajstić information content (AvgIpc) is 2.87. The molecule has 0 bridgehead atoms. The highest BCUT2D eigenvalue weighted by Crippen LogP contribution is 2.40. The van der Waals surface area contributed by atoms with Crippen LogP contribution in [0.3, 0.4) is 0 Å². The molecule has 4 unspecified atom stereocenters. The van der Waals surface area contributed by atoms with Gasteiger partial charge in [-0.2, -0.15) is 0 Å². The van der Waals surface area contributed by atoms with Gasteiger partial charge in [0.05, 0.1) is 18.2 Å². The van der Waals surface area contributed by atoms with Crippen molar-refractivity contribution in [1.29, 1.82) is 0 Å². The molecule has 3 aliphatic rings. The van der Waals surface area contributed by atoms with Crippen LogP contribution < -0.4 is 10.6 Å². The first-order valence-corrected chi connectivity index (χ1v) is 9.20. The Hall–Kier alpha value is -0.810. The van der Waals surface area contributed by atoms with E-state index < -0.39 is 5.60 Å². The molecule has 0 aromatic carbocycles. The van der Waals surface area contributed by atoms with Gasteiger partial charge >= 0.3 is 6.09 Å². The number of nitrogens with one attached hydrogen (secondary N) is 2. The number of alkyl carbamates (subject to hydrolysis) is 1. The van der Waals surface area contributed by atoms with Crippen molar-refractivity contribution in [3.05, 3.63) is 0 Å². The van der Waals surface area contributed by atoms with Gasteiger partial charge in [0.25, 0.3) is 0 Å². The Balaban J connectivity index is 1.56. The van der Waals surface area contributed by atoms with E-state index in [0.29, 0.717) is 12.0 Å². The van der Waals surface area contributed by atoms with Crippen LogP contribution in [0.1, 0.15) is 59.8 Å². The van der Waals surface area contributed by atoms with Gasteiger partial charge in [-0.1, -0.05) is 6.92 Å². The van der Waals surface area contributed by atoms with Gasteiger partial charge in [0.15, 0.2) is 0 Å². The standard InChI is InChI=1S/C18H32N2O3/c1-11-5-7-12(8-6-11)19-15-14(13-9-10-22-16(13)15)20-17(21)23-18(2,3)4/h11-16,19H,5-10H2,1-4H3,(H,20,21). The topological polar surface area (TPSA) is 59.6 Å². The average molecular weight is 324 g/mol. The van der Waals surface area contributed by atoms with Crippen molar-refractivity contribution in [2.75, 3.05) is 6.61 Å². The number of ether oxygens (including phenoxy) is 2. The van der Waals surface area contributed by atoms with Crippen molar-refractivity contribution in [2.24, 2.45) is 11.8 Å². The number of carbonyl (C=O) groups excluding carboxylic acids is 1. The Labute approximate surface area is 139 Å². The molecule has 3 fully saturated rings. The fourth-order valence-corrected chi connectivity index (χ4v) is 4.25. The fraction of sp³-hybridized carbons (Fsp3) is 0.944. The molecule has 1 aliphatic heterocycles. The molecule has 5 heteroatoms. The summed E-state index contributed by atoms with van der Waals surface area (Å²) in [4.78, 5) is 12.1. The Morgan fingerprint density at radius 1 is 1.09 bits per heavy atom. The quantitative estimate of drug-likeness (QED) is 0.838. The minimum Gasteiger partial charge on any atom is -0.444 e. The lowest BCUT2D eigenvalue weighted by atomic mass is 9.71. The van der Waals surface area contributed by atoms with E-state index in [-0.39, 0.29) is 24.3 Å². The number of hydrogen-bond donors (Lipinski definition) is 2. The van der Waals surface area contributed by atoms with Crippen molar-refractivity contribution in [2.45, 2.75) is 89.6 Å². The summed E-state index contributed by atoms with van der Waals surface area (Å²) in [6.45, 7) is 8.83. The van der Waals surface area contributed by atoms with Crippen LogP contribution in [0.15, 0.2) is 0 Å². The van der Waals surface area contributed by atoms with Crippen LogP contribution in [-0.4, -0.2) is 42.5 Å². The lowest BCUT2D eigenvalue weighted by Gasteiger charge is -2.49. The monoisotopic (exact) mass is 324 g/mol. The third-order valence-corrected chi connectivity index (χ3v) is 5.51. The molecule has 1 saturated heterocycles.